The van der Waals surface area contributed by atoms with Crippen LogP contribution in [0.15, 0.2) is 35.9 Å². The molecule has 0 spiro atoms. The van der Waals surface area contributed by atoms with E-state index in [1.807, 2.05) is 36.3 Å². The van der Waals surface area contributed by atoms with Gasteiger partial charge >= 0.3 is 0 Å². The summed E-state index contributed by atoms with van der Waals surface area (Å²) < 4.78 is 0. The van der Waals surface area contributed by atoms with Crippen molar-refractivity contribution in [1.29, 1.82) is 0 Å². The van der Waals surface area contributed by atoms with Crippen LogP contribution in [-0.4, -0.2) is 12.2 Å². The molecule has 0 fully saturated rings. The fourth-order valence-corrected chi connectivity index (χ4v) is 1.24. The molecular weight excluding hydrogens is 176 g/mol. The van der Waals surface area contributed by atoms with E-state index < -0.39 is 0 Å². The minimum Gasteiger partial charge on any atom is -0.303 e. The second kappa shape index (κ2) is 5.90. The molecule has 1 aromatic rings. The summed E-state index contributed by atoms with van der Waals surface area (Å²) in [6, 6.07) is 9.87. The van der Waals surface area contributed by atoms with Gasteiger partial charge in [-0.05, 0) is 18.4 Å². The molecule has 72 valence electrons. The normalized spacial score (nSPS) is 9.14. The standard InChI is InChI=1S/C12H12O2/c13-9-8-12(10-14)7-6-11-4-2-1-3-5-11/h1-5,9H,6-8H2. The van der Waals surface area contributed by atoms with E-state index in [0.717, 1.165) is 12.7 Å². The number of aldehydes is 1. The Hall–Kier alpha value is -1.66. The Kier molecular flexibility index (Phi) is 4.39. The maximum absolute atomic E-state index is 10.4. The molecule has 0 saturated heterocycles. The first-order chi connectivity index (χ1) is 6.86. The topological polar surface area (TPSA) is 34.1 Å². The van der Waals surface area contributed by atoms with Crippen molar-refractivity contribution in [1.82, 2.24) is 0 Å². The molecule has 0 bridgehead atoms. The van der Waals surface area contributed by atoms with Crippen molar-refractivity contribution in [2.45, 2.75) is 19.3 Å². The third-order valence-electron chi connectivity index (χ3n) is 2.03. The van der Waals surface area contributed by atoms with Crippen molar-refractivity contribution < 1.29 is 9.59 Å². The van der Waals surface area contributed by atoms with Gasteiger partial charge in [0.2, 0.25) is 0 Å². The molecule has 1 aromatic carbocycles. The van der Waals surface area contributed by atoms with Gasteiger partial charge < -0.3 is 4.79 Å². The first kappa shape index (κ1) is 10.4. The minimum absolute atomic E-state index is 0.205. The second-order valence-electron chi connectivity index (χ2n) is 3.06. The van der Waals surface area contributed by atoms with Gasteiger partial charge in [-0.2, -0.15) is 0 Å². The molecule has 0 amide bonds. The molecule has 0 heterocycles. The molecule has 0 atom stereocenters. The number of rotatable bonds is 5. The number of hydrogen-bond acceptors (Lipinski definition) is 2. The van der Waals surface area contributed by atoms with Gasteiger partial charge in [0.05, 0.1) is 0 Å². The highest BCUT2D eigenvalue weighted by Crippen LogP contribution is 2.08. The molecule has 0 N–H and O–H groups in total. The summed E-state index contributed by atoms with van der Waals surface area (Å²) in [5.74, 6) is 1.81. The van der Waals surface area contributed by atoms with Crippen LogP contribution in [0, 0.1) is 0 Å². The Balaban J connectivity index is 2.48. The highest BCUT2D eigenvalue weighted by Gasteiger charge is 1.98. The van der Waals surface area contributed by atoms with Crippen molar-refractivity contribution in [3.63, 3.8) is 0 Å². The van der Waals surface area contributed by atoms with E-state index in [1.54, 1.807) is 0 Å². The molecule has 2 heteroatoms. The lowest BCUT2D eigenvalue weighted by molar-refractivity contribution is -0.107. The van der Waals surface area contributed by atoms with Crippen molar-refractivity contribution in [2.24, 2.45) is 0 Å². The summed E-state index contributed by atoms with van der Waals surface area (Å²) in [6.45, 7) is 0. The molecule has 0 aliphatic heterocycles. The molecule has 14 heavy (non-hydrogen) atoms. The Morgan fingerprint density at radius 3 is 2.57 bits per heavy atom. The Morgan fingerprint density at radius 1 is 1.29 bits per heavy atom. The van der Waals surface area contributed by atoms with Crippen LogP contribution in [-0.2, 0) is 16.0 Å². The van der Waals surface area contributed by atoms with E-state index >= 15 is 0 Å². The van der Waals surface area contributed by atoms with Gasteiger partial charge in [-0.3, -0.25) is 0 Å². The van der Waals surface area contributed by atoms with Crippen LogP contribution >= 0.6 is 0 Å². The highest BCUT2D eigenvalue weighted by molar-refractivity contribution is 5.63. The number of hydrogen-bond donors (Lipinski definition) is 0. The number of carbonyl (C=O) groups is 1. The van der Waals surface area contributed by atoms with Crippen LogP contribution < -0.4 is 0 Å². The number of benzene rings is 1. The van der Waals surface area contributed by atoms with Gasteiger partial charge in [0.15, 0.2) is 0 Å². The first-order valence-corrected chi connectivity index (χ1v) is 4.57. The maximum Gasteiger partial charge on any atom is 0.124 e. The highest BCUT2D eigenvalue weighted by atomic mass is 16.1. The Morgan fingerprint density at radius 2 is 2.00 bits per heavy atom. The molecule has 0 aliphatic rings. The molecule has 0 saturated carbocycles. The van der Waals surface area contributed by atoms with Crippen molar-refractivity contribution >= 4 is 12.2 Å². The minimum atomic E-state index is 0.205. The Labute approximate surface area is 83.3 Å². The molecule has 2 nitrogen and oxygen atoms in total. The predicted molar refractivity (Wildman–Crippen MR) is 54.7 cm³/mol. The van der Waals surface area contributed by atoms with Crippen LogP contribution in [0.2, 0.25) is 0 Å². The zero-order valence-electron chi connectivity index (χ0n) is 7.90. The summed E-state index contributed by atoms with van der Waals surface area (Å²) in [6.07, 6.45) is 2.35. The summed E-state index contributed by atoms with van der Waals surface area (Å²) in [4.78, 5) is 20.6. The average Bonchev–Trinajstić information content (AvgIpc) is 2.25. The van der Waals surface area contributed by atoms with Crippen molar-refractivity contribution in [3.05, 3.63) is 41.5 Å². The van der Waals surface area contributed by atoms with Crippen molar-refractivity contribution in [2.75, 3.05) is 0 Å². The van der Waals surface area contributed by atoms with Crippen LogP contribution in [0.5, 0.6) is 0 Å². The van der Waals surface area contributed by atoms with Crippen LogP contribution in [0.4, 0.5) is 0 Å². The van der Waals surface area contributed by atoms with Gasteiger partial charge in [-0.25, -0.2) is 4.79 Å². The van der Waals surface area contributed by atoms with Gasteiger partial charge in [0.25, 0.3) is 0 Å². The van der Waals surface area contributed by atoms with Crippen LogP contribution in [0.25, 0.3) is 0 Å². The number of allylic oxidation sites excluding steroid dienone is 1. The Bertz CT molecular complexity index is 335. The zero-order valence-corrected chi connectivity index (χ0v) is 7.90. The lowest BCUT2D eigenvalue weighted by atomic mass is 10.0. The molecule has 0 unspecified atom stereocenters. The smallest absolute Gasteiger partial charge is 0.124 e. The molecule has 1 rings (SSSR count). The van der Waals surface area contributed by atoms with Gasteiger partial charge in [-0.15, -0.1) is 0 Å². The summed E-state index contributed by atoms with van der Waals surface area (Å²) in [5.41, 5.74) is 1.72. The van der Waals surface area contributed by atoms with Crippen LogP contribution in [0.1, 0.15) is 18.4 Å². The first-order valence-electron chi connectivity index (χ1n) is 4.57. The largest absolute Gasteiger partial charge is 0.303 e. The fraction of sp³-hybridized carbons (Fsp3) is 0.250. The number of carbonyl (C=O) groups excluding carboxylic acids is 2. The quantitative estimate of drug-likeness (QED) is 0.523. The molecule has 0 aromatic heterocycles. The van der Waals surface area contributed by atoms with E-state index in [0.29, 0.717) is 12.0 Å². The van der Waals surface area contributed by atoms with E-state index in [-0.39, 0.29) is 6.42 Å². The average molecular weight is 188 g/mol. The monoisotopic (exact) mass is 188 g/mol. The predicted octanol–water partition coefficient (Wildman–Crippen LogP) is 1.97. The summed E-state index contributed by atoms with van der Waals surface area (Å²) in [5, 5.41) is 0. The van der Waals surface area contributed by atoms with E-state index in [9.17, 15) is 9.59 Å². The van der Waals surface area contributed by atoms with Crippen molar-refractivity contribution in [3.8, 4) is 0 Å². The van der Waals surface area contributed by atoms with Gasteiger partial charge in [-0.1, -0.05) is 30.3 Å². The van der Waals surface area contributed by atoms with E-state index in [2.05, 4.69) is 0 Å². The molecule has 0 radical (unpaired) electrons. The lowest BCUT2D eigenvalue weighted by Crippen LogP contribution is -1.91. The summed E-state index contributed by atoms with van der Waals surface area (Å²) >= 11 is 0. The zero-order chi connectivity index (χ0) is 10.2. The molecule has 0 aliphatic carbocycles. The van der Waals surface area contributed by atoms with Gasteiger partial charge in [0.1, 0.15) is 12.2 Å². The SMILES string of the molecule is O=C=C(CC=O)CCc1ccccc1. The molecular formula is C12H12O2. The number of aryl methyl sites for hydroxylation is 1. The van der Waals surface area contributed by atoms with Gasteiger partial charge in [0, 0.05) is 12.0 Å². The second-order valence-corrected chi connectivity index (χ2v) is 3.06. The lowest BCUT2D eigenvalue weighted by Gasteiger charge is -1.99. The van der Waals surface area contributed by atoms with E-state index in [1.165, 1.54) is 5.56 Å². The third kappa shape index (κ3) is 3.38. The third-order valence-corrected chi connectivity index (χ3v) is 2.03. The van der Waals surface area contributed by atoms with Crippen LogP contribution in [0.3, 0.4) is 0 Å². The maximum atomic E-state index is 10.4. The van der Waals surface area contributed by atoms with E-state index in [4.69, 9.17) is 0 Å². The summed E-state index contributed by atoms with van der Waals surface area (Å²) in [7, 11) is 0. The fourth-order valence-electron chi connectivity index (χ4n) is 1.24.